The molecule has 1 aromatic heterocycles. The van der Waals surface area contributed by atoms with Crippen molar-refractivity contribution in [2.75, 3.05) is 6.54 Å². The molecule has 1 fully saturated rings. The maximum absolute atomic E-state index is 12.2. The fourth-order valence-corrected chi connectivity index (χ4v) is 3.17. The van der Waals surface area contributed by atoms with Crippen LogP contribution in [0.2, 0.25) is 0 Å². The lowest BCUT2D eigenvalue weighted by atomic mass is 10.0. The Morgan fingerprint density at radius 2 is 2.04 bits per heavy atom. The molecule has 0 radical (unpaired) electrons. The smallest absolute Gasteiger partial charge is 0.237 e. The van der Waals surface area contributed by atoms with Crippen LogP contribution in [0, 0.1) is 0 Å². The summed E-state index contributed by atoms with van der Waals surface area (Å²) in [6, 6.07) is 10.5. The number of aryl methyl sites for hydroxylation is 2. The van der Waals surface area contributed by atoms with Crippen molar-refractivity contribution >= 4 is 30.7 Å². The molecule has 1 aliphatic rings. The Kier molecular flexibility index (Phi) is 10.3. The van der Waals surface area contributed by atoms with Crippen LogP contribution in [0.1, 0.15) is 37.1 Å². The summed E-state index contributed by atoms with van der Waals surface area (Å²) in [5, 5.41) is 6.30. The van der Waals surface area contributed by atoms with Crippen molar-refractivity contribution < 1.29 is 4.79 Å². The number of carbonyl (C=O) groups excluding carboxylic acids is 1. The molecule has 0 saturated carbocycles. The van der Waals surface area contributed by atoms with Crippen LogP contribution in [0.3, 0.4) is 0 Å². The lowest BCUT2D eigenvalue weighted by molar-refractivity contribution is -0.123. The van der Waals surface area contributed by atoms with Gasteiger partial charge in [-0.15, -0.1) is 24.8 Å². The van der Waals surface area contributed by atoms with Crippen molar-refractivity contribution in [3.05, 3.63) is 54.1 Å². The highest BCUT2D eigenvalue weighted by molar-refractivity contribution is 5.85. The number of imidazole rings is 1. The van der Waals surface area contributed by atoms with Crippen LogP contribution in [0.25, 0.3) is 0 Å². The predicted molar refractivity (Wildman–Crippen MR) is 109 cm³/mol. The van der Waals surface area contributed by atoms with Crippen molar-refractivity contribution in [2.24, 2.45) is 0 Å². The molecule has 1 atom stereocenters. The third-order valence-electron chi connectivity index (χ3n) is 4.56. The van der Waals surface area contributed by atoms with Crippen molar-refractivity contribution in [3.8, 4) is 0 Å². The number of hydrogen-bond acceptors (Lipinski definition) is 3. The van der Waals surface area contributed by atoms with Gasteiger partial charge in [-0.25, -0.2) is 4.98 Å². The van der Waals surface area contributed by atoms with E-state index in [1.54, 1.807) is 0 Å². The normalized spacial score (nSPS) is 16.2. The first-order chi connectivity index (χ1) is 11.8. The lowest BCUT2D eigenvalue weighted by Crippen LogP contribution is -2.46. The number of nitrogens with one attached hydrogen (secondary N) is 2. The predicted octanol–water partition coefficient (Wildman–Crippen LogP) is 3.12. The number of carbonyl (C=O) groups is 1. The summed E-state index contributed by atoms with van der Waals surface area (Å²) >= 11 is 0. The van der Waals surface area contributed by atoms with Gasteiger partial charge in [-0.05, 0) is 37.8 Å². The number of nitrogens with zero attached hydrogens (tertiary/aromatic N) is 2. The zero-order chi connectivity index (χ0) is 16.6. The van der Waals surface area contributed by atoms with Crippen LogP contribution >= 0.6 is 24.8 Å². The van der Waals surface area contributed by atoms with Crippen molar-refractivity contribution in [1.82, 2.24) is 20.2 Å². The summed E-state index contributed by atoms with van der Waals surface area (Å²) in [7, 11) is 0. The van der Waals surface area contributed by atoms with Gasteiger partial charge in [-0.2, -0.15) is 0 Å². The van der Waals surface area contributed by atoms with Crippen LogP contribution < -0.4 is 10.6 Å². The molecule has 0 bridgehead atoms. The van der Waals surface area contributed by atoms with Crippen molar-refractivity contribution in [1.29, 1.82) is 0 Å². The molecule has 1 aliphatic heterocycles. The minimum Gasteiger partial charge on any atom is -0.348 e. The largest absolute Gasteiger partial charge is 0.348 e. The molecule has 1 saturated heterocycles. The number of hydrogen-bond donors (Lipinski definition) is 2. The third kappa shape index (κ3) is 6.63. The lowest BCUT2D eigenvalue weighted by Gasteiger charge is -2.22. The van der Waals surface area contributed by atoms with Crippen LogP contribution in [0.4, 0.5) is 0 Å². The van der Waals surface area contributed by atoms with Crippen molar-refractivity contribution in [3.63, 3.8) is 0 Å². The molecule has 7 heteroatoms. The maximum Gasteiger partial charge on any atom is 0.237 e. The van der Waals surface area contributed by atoms with E-state index in [0.717, 1.165) is 51.0 Å². The summed E-state index contributed by atoms with van der Waals surface area (Å²) in [6.07, 6.45) is 9.13. The molecule has 1 aromatic carbocycles. The molecular weight excluding hydrogens is 371 g/mol. The summed E-state index contributed by atoms with van der Waals surface area (Å²) < 4.78 is 2.14. The van der Waals surface area contributed by atoms with Gasteiger partial charge in [-0.3, -0.25) is 4.79 Å². The van der Waals surface area contributed by atoms with Gasteiger partial charge in [-0.1, -0.05) is 36.8 Å². The molecule has 2 N–H and O–H groups in total. The molecule has 1 amide bonds. The molecule has 3 rings (SSSR count). The Balaban J connectivity index is 0.00000169. The topological polar surface area (TPSA) is 59.0 Å². The van der Waals surface area contributed by atoms with E-state index in [1.165, 1.54) is 5.56 Å². The molecule has 0 aliphatic carbocycles. The standard InChI is InChI=1S/C19H26N4O.2ClH/c24-19(17-10-4-5-11-20-17)22-15-18-21-12-14-23(18)13-6-9-16-7-2-1-3-8-16;;/h1-3,7-8,12,14,17,20H,4-6,9-11,13,15H2,(H,22,24);2*1H/t17-;;/m1../s1. The Morgan fingerprint density at radius 3 is 2.77 bits per heavy atom. The van der Waals surface area contributed by atoms with Crippen LogP contribution in [0.5, 0.6) is 0 Å². The molecule has 26 heavy (non-hydrogen) atoms. The van der Waals surface area contributed by atoms with Gasteiger partial charge in [0.05, 0.1) is 12.6 Å². The summed E-state index contributed by atoms with van der Waals surface area (Å²) in [6.45, 7) is 2.35. The van der Waals surface area contributed by atoms with E-state index in [9.17, 15) is 4.79 Å². The van der Waals surface area contributed by atoms with E-state index >= 15 is 0 Å². The van der Waals surface area contributed by atoms with Gasteiger partial charge in [0.1, 0.15) is 5.82 Å². The average molecular weight is 399 g/mol. The number of aromatic nitrogens is 2. The summed E-state index contributed by atoms with van der Waals surface area (Å²) in [4.78, 5) is 16.6. The molecule has 2 heterocycles. The Labute approximate surface area is 167 Å². The van der Waals surface area contributed by atoms with E-state index in [2.05, 4.69) is 44.5 Å². The highest BCUT2D eigenvalue weighted by atomic mass is 35.5. The zero-order valence-electron chi connectivity index (χ0n) is 14.9. The molecule has 144 valence electrons. The van der Waals surface area contributed by atoms with Gasteiger partial charge in [0.15, 0.2) is 0 Å². The summed E-state index contributed by atoms with van der Waals surface area (Å²) in [5.41, 5.74) is 1.36. The fraction of sp³-hybridized carbons (Fsp3) is 0.474. The van der Waals surface area contributed by atoms with Gasteiger partial charge < -0.3 is 15.2 Å². The number of piperidine rings is 1. The number of benzene rings is 1. The van der Waals surface area contributed by atoms with Gasteiger partial charge in [0, 0.05) is 18.9 Å². The monoisotopic (exact) mass is 398 g/mol. The van der Waals surface area contributed by atoms with E-state index in [1.807, 2.05) is 18.5 Å². The molecule has 2 aromatic rings. The molecule has 0 spiro atoms. The Bertz CT molecular complexity index is 642. The van der Waals surface area contributed by atoms with Gasteiger partial charge in [0.2, 0.25) is 5.91 Å². The first kappa shape index (κ1) is 22.5. The fourth-order valence-electron chi connectivity index (χ4n) is 3.17. The first-order valence-corrected chi connectivity index (χ1v) is 8.88. The van der Waals surface area contributed by atoms with Crippen molar-refractivity contribution in [2.45, 2.75) is 51.2 Å². The van der Waals surface area contributed by atoms with E-state index in [0.29, 0.717) is 6.54 Å². The quantitative estimate of drug-likeness (QED) is 0.752. The van der Waals surface area contributed by atoms with Crippen LogP contribution in [-0.4, -0.2) is 28.0 Å². The van der Waals surface area contributed by atoms with E-state index in [-0.39, 0.29) is 36.8 Å². The Hall–Kier alpha value is -1.56. The highest BCUT2D eigenvalue weighted by Crippen LogP contribution is 2.08. The average Bonchev–Trinajstić information content (AvgIpc) is 3.09. The van der Waals surface area contributed by atoms with Gasteiger partial charge in [0.25, 0.3) is 0 Å². The van der Waals surface area contributed by atoms with Gasteiger partial charge >= 0.3 is 0 Å². The summed E-state index contributed by atoms with van der Waals surface area (Å²) in [5.74, 6) is 1.01. The second-order valence-corrected chi connectivity index (χ2v) is 6.35. The second kappa shape index (κ2) is 11.9. The second-order valence-electron chi connectivity index (χ2n) is 6.35. The Morgan fingerprint density at radius 1 is 1.23 bits per heavy atom. The highest BCUT2D eigenvalue weighted by Gasteiger charge is 2.20. The maximum atomic E-state index is 12.2. The van der Waals surface area contributed by atoms with E-state index in [4.69, 9.17) is 0 Å². The van der Waals surface area contributed by atoms with Crippen LogP contribution in [-0.2, 0) is 24.3 Å². The minimum absolute atomic E-state index is 0. The van der Waals surface area contributed by atoms with Crippen LogP contribution in [0.15, 0.2) is 42.7 Å². The third-order valence-corrected chi connectivity index (χ3v) is 4.56. The minimum atomic E-state index is -0.0414. The number of amides is 1. The molecular formula is C19H28Cl2N4O. The molecule has 0 unspecified atom stereocenters. The SMILES string of the molecule is Cl.Cl.O=C(NCc1nccn1CCCc1ccccc1)[C@H]1CCCCN1. The zero-order valence-corrected chi connectivity index (χ0v) is 16.5. The molecule has 5 nitrogen and oxygen atoms in total. The van der Waals surface area contributed by atoms with E-state index < -0.39 is 0 Å². The number of halogens is 2. The number of rotatable bonds is 7. The first-order valence-electron chi connectivity index (χ1n) is 8.88.